The first-order valence-corrected chi connectivity index (χ1v) is 11.0. The Morgan fingerprint density at radius 3 is 2.36 bits per heavy atom. The number of nitrogens with two attached hydrogens (primary N) is 2. The summed E-state index contributed by atoms with van der Waals surface area (Å²) >= 11 is 1.96. The number of nitrogens with one attached hydrogen (secondary N) is 2. The first-order valence-electron chi connectivity index (χ1n) is 10.1. The highest BCUT2D eigenvalue weighted by Crippen LogP contribution is 2.20. The zero-order chi connectivity index (χ0) is 18.1. The lowest BCUT2D eigenvalue weighted by Gasteiger charge is -2.42. The van der Waals surface area contributed by atoms with Crippen LogP contribution in [0, 0.1) is 0 Å². The summed E-state index contributed by atoms with van der Waals surface area (Å²) in [5.74, 6) is 0. The van der Waals surface area contributed by atoms with Gasteiger partial charge in [0.25, 0.3) is 0 Å². The molecule has 2 aliphatic heterocycles. The molecule has 3 rings (SSSR count). The second-order valence-electron chi connectivity index (χ2n) is 9.94. The molecular formula is C20H40N4S+4. The Morgan fingerprint density at radius 1 is 1.16 bits per heavy atom. The lowest BCUT2D eigenvalue weighted by molar-refractivity contribution is -1.03. The number of thiophene rings is 1. The molecule has 0 spiro atoms. The van der Waals surface area contributed by atoms with Crippen LogP contribution in [0.1, 0.15) is 51.5 Å². The molecule has 2 aliphatic rings. The molecule has 1 atom stereocenters. The van der Waals surface area contributed by atoms with Crippen LogP contribution in [0.4, 0.5) is 0 Å². The molecule has 1 aromatic heterocycles. The third-order valence-corrected chi connectivity index (χ3v) is 7.17. The minimum Gasteiger partial charge on any atom is -0.338 e. The Hall–Kier alpha value is -0.460. The van der Waals surface area contributed by atoms with Gasteiger partial charge in [-0.3, -0.25) is 0 Å². The van der Waals surface area contributed by atoms with Gasteiger partial charge in [0, 0.05) is 0 Å². The van der Waals surface area contributed by atoms with Crippen molar-refractivity contribution < 1.29 is 20.4 Å². The van der Waals surface area contributed by atoms with Crippen molar-refractivity contribution in [2.45, 2.75) is 63.7 Å². The largest absolute Gasteiger partial charge is 0.338 e. The Balaban J connectivity index is 1.65. The summed E-state index contributed by atoms with van der Waals surface area (Å²) in [4.78, 5) is 5.10. The summed E-state index contributed by atoms with van der Waals surface area (Å²) in [6.07, 6.45) is 2.63. The molecule has 0 unspecified atom stereocenters. The van der Waals surface area contributed by atoms with Crippen LogP contribution in [0.25, 0.3) is 0 Å². The first kappa shape index (κ1) is 19.3. The fourth-order valence-corrected chi connectivity index (χ4v) is 6.31. The average Bonchev–Trinajstić information content (AvgIpc) is 3.00. The van der Waals surface area contributed by atoms with E-state index in [0.29, 0.717) is 17.1 Å². The van der Waals surface area contributed by atoms with Gasteiger partial charge in [-0.15, -0.1) is 11.3 Å². The second kappa shape index (κ2) is 7.65. The van der Waals surface area contributed by atoms with Gasteiger partial charge in [0.1, 0.15) is 32.7 Å². The predicted octanol–water partition coefficient (Wildman–Crippen LogP) is -1.95. The van der Waals surface area contributed by atoms with Gasteiger partial charge in [0.15, 0.2) is 6.04 Å². The van der Waals surface area contributed by atoms with Crippen molar-refractivity contribution in [2.24, 2.45) is 0 Å². The lowest BCUT2D eigenvalue weighted by atomic mass is 9.79. The van der Waals surface area contributed by atoms with Crippen molar-refractivity contribution in [2.75, 3.05) is 39.8 Å². The standard InChI is InChI=1S/C20H36N4S/c1-19(2)13-16(14-20(3,4)22-19)21-15-17(18-7-6-12-25-18)24-10-8-23(5)9-11-24/h6-7,12,16-17,21-22H,8-11,13-15H2,1-5H3/p+4/t17-/m0/s1. The van der Waals surface area contributed by atoms with Crippen molar-refractivity contribution in [1.29, 1.82) is 0 Å². The Labute approximate surface area is 158 Å². The van der Waals surface area contributed by atoms with Crippen molar-refractivity contribution in [3.63, 3.8) is 0 Å². The van der Waals surface area contributed by atoms with Crippen LogP contribution in [0.5, 0.6) is 0 Å². The summed E-state index contributed by atoms with van der Waals surface area (Å²) < 4.78 is 0. The minimum atomic E-state index is 0.366. The molecule has 142 valence electrons. The zero-order valence-corrected chi connectivity index (χ0v) is 17.7. The maximum Gasteiger partial charge on any atom is 0.172 e. The second-order valence-corrected chi connectivity index (χ2v) is 10.9. The van der Waals surface area contributed by atoms with Crippen LogP contribution in [0.2, 0.25) is 0 Å². The van der Waals surface area contributed by atoms with Gasteiger partial charge in [-0.1, -0.05) is 6.07 Å². The maximum absolute atomic E-state index is 2.69. The molecule has 1 aromatic rings. The number of hydrogen-bond donors (Lipinski definition) is 4. The van der Waals surface area contributed by atoms with E-state index in [9.17, 15) is 0 Å². The van der Waals surface area contributed by atoms with E-state index >= 15 is 0 Å². The average molecular weight is 369 g/mol. The molecule has 25 heavy (non-hydrogen) atoms. The Morgan fingerprint density at radius 2 is 1.80 bits per heavy atom. The van der Waals surface area contributed by atoms with Crippen molar-refractivity contribution in [3.8, 4) is 0 Å². The minimum absolute atomic E-state index is 0.366. The molecule has 0 amide bonds. The summed E-state index contributed by atoms with van der Waals surface area (Å²) in [6, 6.07) is 6.03. The normalized spacial score (nSPS) is 30.9. The summed E-state index contributed by atoms with van der Waals surface area (Å²) in [6.45, 7) is 16.2. The number of rotatable bonds is 5. The molecular weight excluding hydrogens is 328 g/mol. The van der Waals surface area contributed by atoms with E-state index in [1.54, 1.807) is 9.78 Å². The van der Waals surface area contributed by atoms with Crippen molar-refractivity contribution >= 4 is 11.3 Å². The van der Waals surface area contributed by atoms with Gasteiger partial charge in [-0.05, 0) is 39.1 Å². The SMILES string of the molecule is C[NH+]1CC[NH+]([C@@H](C[NH2+]C2CC(C)(C)[NH2+]C(C)(C)C2)c2cccs2)CC1. The van der Waals surface area contributed by atoms with Crippen LogP contribution < -0.4 is 20.4 Å². The zero-order valence-electron chi connectivity index (χ0n) is 16.9. The molecule has 3 heterocycles. The number of hydrogen-bond acceptors (Lipinski definition) is 1. The summed E-state index contributed by atoms with van der Waals surface area (Å²) in [7, 11) is 2.34. The summed E-state index contributed by atoms with van der Waals surface area (Å²) in [5, 5.41) is 7.54. The van der Waals surface area contributed by atoms with Gasteiger partial charge < -0.3 is 20.4 Å². The monoisotopic (exact) mass is 368 g/mol. The van der Waals surface area contributed by atoms with E-state index in [0.717, 1.165) is 6.04 Å². The quantitative estimate of drug-likeness (QED) is 0.467. The smallest absolute Gasteiger partial charge is 0.172 e. The topological polar surface area (TPSA) is 42.1 Å². The van der Waals surface area contributed by atoms with Crippen molar-refractivity contribution in [3.05, 3.63) is 22.4 Å². The fourth-order valence-electron chi connectivity index (χ4n) is 5.41. The summed E-state index contributed by atoms with van der Waals surface area (Å²) in [5.41, 5.74) is 0.733. The number of likely N-dealkylation sites (N-methyl/N-ethyl adjacent to an activating group) is 1. The molecule has 2 fully saturated rings. The first-order chi connectivity index (χ1) is 11.7. The molecule has 6 N–H and O–H groups in total. The van der Waals surface area contributed by atoms with Gasteiger partial charge in [-0.2, -0.15) is 0 Å². The van der Waals surface area contributed by atoms with E-state index in [-0.39, 0.29) is 0 Å². The molecule has 0 aromatic carbocycles. The molecule has 0 aliphatic carbocycles. The van der Waals surface area contributed by atoms with Crippen LogP contribution in [0.15, 0.2) is 17.5 Å². The highest BCUT2D eigenvalue weighted by molar-refractivity contribution is 7.10. The van der Waals surface area contributed by atoms with Crippen LogP contribution in [-0.2, 0) is 0 Å². The highest BCUT2D eigenvalue weighted by Gasteiger charge is 2.44. The third-order valence-electron chi connectivity index (χ3n) is 6.19. The van der Waals surface area contributed by atoms with Crippen LogP contribution in [-0.4, -0.2) is 56.9 Å². The molecule has 4 nitrogen and oxygen atoms in total. The third kappa shape index (κ3) is 5.27. The Kier molecular flexibility index (Phi) is 5.91. The number of quaternary nitrogens is 4. The molecule has 0 saturated carbocycles. The van der Waals surface area contributed by atoms with E-state index in [2.05, 4.69) is 62.9 Å². The fraction of sp³-hybridized carbons (Fsp3) is 0.800. The van der Waals surface area contributed by atoms with Gasteiger partial charge in [0.2, 0.25) is 0 Å². The maximum atomic E-state index is 2.69. The van der Waals surface area contributed by atoms with E-state index in [4.69, 9.17) is 0 Å². The number of piperazine rings is 1. The lowest BCUT2D eigenvalue weighted by Crippen LogP contribution is -3.28. The van der Waals surface area contributed by atoms with Crippen LogP contribution >= 0.6 is 11.3 Å². The molecule has 0 radical (unpaired) electrons. The molecule has 2 saturated heterocycles. The van der Waals surface area contributed by atoms with Gasteiger partial charge >= 0.3 is 0 Å². The van der Waals surface area contributed by atoms with Gasteiger partial charge in [0.05, 0.1) is 41.9 Å². The van der Waals surface area contributed by atoms with E-state index in [1.807, 2.05) is 16.2 Å². The molecule has 0 bridgehead atoms. The molecule has 5 heteroatoms. The van der Waals surface area contributed by atoms with Crippen molar-refractivity contribution in [1.82, 2.24) is 0 Å². The van der Waals surface area contributed by atoms with E-state index < -0.39 is 0 Å². The Bertz CT molecular complexity index is 516. The van der Waals surface area contributed by atoms with Crippen LogP contribution in [0.3, 0.4) is 0 Å². The number of piperidine rings is 1. The highest BCUT2D eigenvalue weighted by atomic mass is 32.1. The van der Waals surface area contributed by atoms with Gasteiger partial charge in [-0.25, -0.2) is 0 Å². The van der Waals surface area contributed by atoms with E-state index in [1.165, 1.54) is 45.6 Å². The predicted molar refractivity (Wildman–Crippen MR) is 104 cm³/mol.